The number of fused-ring (bicyclic) bond motifs is 3. The molecule has 3 heterocycles. The molecule has 4 nitrogen and oxygen atoms in total. The summed E-state index contributed by atoms with van der Waals surface area (Å²) in [6.45, 7) is 2.57. The molecule has 1 aromatic rings. The minimum Gasteiger partial charge on any atom is -0.438 e. The lowest BCUT2D eigenvalue weighted by Crippen LogP contribution is -2.60. The molecule has 3 saturated heterocycles. The Kier molecular flexibility index (Phi) is 3.00. The Morgan fingerprint density at radius 3 is 2.53 bits per heavy atom. The van der Waals surface area contributed by atoms with Crippen LogP contribution in [0.15, 0.2) is 30.3 Å². The second-order valence-corrected chi connectivity index (χ2v) is 5.31. The summed E-state index contributed by atoms with van der Waals surface area (Å²) in [6.07, 6.45) is 1.88. The van der Waals surface area contributed by atoms with Crippen LogP contribution in [0.2, 0.25) is 0 Å². The molecule has 0 unspecified atom stereocenters. The molecule has 19 heavy (non-hydrogen) atoms. The number of carbonyl (C=O) groups is 1. The van der Waals surface area contributed by atoms with Crippen molar-refractivity contribution in [3.63, 3.8) is 0 Å². The Morgan fingerprint density at radius 2 is 2.00 bits per heavy atom. The smallest absolute Gasteiger partial charge is 0.339 e. The molecule has 3 aliphatic heterocycles. The van der Waals surface area contributed by atoms with Gasteiger partial charge in [0.15, 0.2) is 0 Å². The van der Waals surface area contributed by atoms with E-state index in [2.05, 4.69) is 11.0 Å². The third kappa shape index (κ3) is 2.11. The molecule has 0 aliphatic carbocycles. The zero-order valence-electron chi connectivity index (χ0n) is 10.7. The third-order valence-corrected chi connectivity index (χ3v) is 4.18. The van der Waals surface area contributed by atoms with Crippen LogP contribution < -0.4 is 0 Å². The summed E-state index contributed by atoms with van der Waals surface area (Å²) in [5.74, 6) is -0.217. The van der Waals surface area contributed by atoms with Gasteiger partial charge in [-0.2, -0.15) is 5.26 Å². The van der Waals surface area contributed by atoms with Crippen LogP contribution >= 0.6 is 0 Å². The normalized spacial score (nSPS) is 32.6. The molecule has 0 spiro atoms. The largest absolute Gasteiger partial charge is 0.438 e. The van der Waals surface area contributed by atoms with Crippen molar-refractivity contribution < 1.29 is 9.53 Å². The summed E-state index contributed by atoms with van der Waals surface area (Å²) in [5, 5.41) is 9.51. The highest BCUT2D eigenvalue weighted by Gasteiger charge is 2.50. The van der Waals surface area contributed by atoms with Gasteiger partial charge in [0.25, 0.3) is 0 Å². The molecule has 0 aromatic heterocycles. The molecule has 0 saturated carbocycles. The Balaban J connectivity index is 1.81. The lowest BCUT2D eigenvalue weighted by atomic mass is 9.76. The number of rotatable bonds is 2. The molecular weight excluding hydrogens is 240 g/mol. The predicted molar refractivity (Wildman–Crippen MR) is 69.4 cm³/mol. The molecule has 1 atom stereocenters. The van der Waals surface area contributed by atoms with E-state index >= 15 is 0 Å². The van der Waals surface area contributed by atoms with Crippen LogP contribution in [0.5, 0.6) is 0 Å². The maximum absolute atomic E-state index is 12.2. The van der Waals surface area contributed by atoms with E-state index in [9.17, 15) is 10.1 Å². The summed E-state index contributed by atoms with van der Waals surface area (Å²) in [4.78, 5) is 14.4. The fourth-order valence-electron chi connectivity index (χ4n) is 3.08. The minimum absolute atomic E-state index is 0.176. The van der Waals surface area contributed by atoms with Gasteiger partial charge in [-0.3, -0.25) is 4.90 Å². The quantitative estimate of drug-likeness (QED) is 0.757. The lowest BCUT2D eigenvalue weighted by Gasteiger charge is -2.48. The monoisotopic (exact) mass is 256 g/mol. The number of hydrogen-bond acceptors (Lipinski definition) is 4. The Bertz CT molecular complexity index is 515. The van der Waals surface area contributed by atoms with Crippen LogP contribution in [0.1, 0.15) is 23.2 Å². The summed E-state index contributed by atoms with van der Waals surface area (Å²) in [5.41, 5.74) is -0.447. The Morgan fingerprint density at radius 1 is 1.32 bits per heavy atom. The van der Waals surface area contributed by atoms with Gasteiger partial charge in [-0.25, -0.2) is 4.79 Å². The molecule has 3 aliphatic rings. The maximum atomic E-state index is 12.2. The zero-order valence-corrected chi connectivity index (χ0v) is 10.7. The highest BCUT2D eigenvalue weighted by atomic mass is 16.6. The summed E-state index contributed by atoms with van der Waals surface area (Å²) in [6, 6.07) is 11.1. The van der Waals surface area contributed by atoms with E-state index in [0.29, 0.717) is 12.1 Å². The summed E-state index contributed by atoms with van der Waals surface area (Å²) < 4.78 is 5.61. The Labute approximate surface area is 112 Å². The molecule has 0 radical (unpaired) electrons. The fourth-order valence-corrected chi connectivity index (χ4v) is 3.08. The van der Waals surface area contributed by atoms with Crippen LogP contribution in [0.25, 0.3) is 0 Å². The molecule has 98 valence electrons. The third-order valence-electron chi connectivity index (χ3n) is 4.18. The van der Waals surface area contributed by atoms with Gasteiger partial charge in [0.1, 0.15) is 6.07 Å². The van der Waals surface area contributed by atoms with E-state index < -0.39 is 11.6 Å². The molecule has 1 aromatic carbocycles. The van der Waals surface area contributed by atoms with E-state index in [4.69, 9.17) is 4.74 Å². The van der Waals surface area contributed by atoms with Crippen molar-refractivity contribution in [2.24, 2.45) is 5.92 Å². The first kappa shape index (κ1) is 12.2. The maximum Gasteiger partial charge on any atom is 0.339 e. The first-order chi connectivity index (χ1) is 9.23. The molecule has 2 bridgehead atoms. The first-order valence-electron chi connectivity index (χ1n) is 6.65. The molecule has 3 fully saturated rings. The van der Waals surface area contributed by atoms with E-state index in [1.54, 1.807) is 24.3 Å². The molecular formula is C15H16N2O2. The van der Waals surface area contributed by atoms with E-state index in [1.165, 1.54) is 0 Å². The van der Waals surface area contributed by atoms with Crippen LogP contribution in [0.3, 0.4) is 0 Å². The predicted octanol–water partition coefficient (Wildman–Crippen LogP) is 1.83. The van der Waals surface area contributed by atoms with Crippen LogP contribution in [-0.2, 0) is 4.74 Å². The average Bonchev–Trinajstić information content (AvgIpc) is 2.49. The number of ether oxygens (including phenoxy) is 1. The van der Waals surface area contributed by atoms with Crippen molar-refractivity contribution in [1.82, 2.24) is 4.90 Å². The van der Waals surface area contributed by atoms with Gasteiger partial charge in [-0.1, -0.05) is 18.2 Å². The van der Waals surface area contributed by atoms with Gasteiger partial charge >= 0.3 is 5.97 Å². The van der Waals surface area contributed by atoms with Crippen molar-refractivity contribution in [3.05, 3.63) is 35.9 Å². The fraction of sp³-hybridized carbons (Fsp3) is 0.467. The molecule has 0 N–H and O–H groups in total. The van der Waals surface area contributed by atoms with Crippen molar-refractivity contribution in [2.75, 3.05) is 19.6 Å². The highest BCUT2D eigenvalue weighted by Crippen LogP contribution is 2.38. The topological polar surface area (TPSA) is 53.3 Å². The minimum atomic E-state index is -0.955. The van der Waals surface area contributed by atoms with Crippen LogP contribution in [0, 0.1) is 17.2 Å². The number of esters is 1. The average molecular weight is 256 g/mol. The van der Waals surface area contributed by atoms with Crippen molar-refractivity contribution >= 4 is 5.97 Å². The van der Waals surface area contributed by atoms with Gasteiger partial charge in [-0.15, -0.1) is 0 Å². The number of piperidine rings is 3. The van der Waals surface area contributed by atoms with Gasteiger partial charge in [0.2, 0.25) is 5.60 Å². The molecule has 4 rings (SSSR count). The number of nitriles is 1. The second-order valence-electron chi connectivity index (χ2n) is 5.31. The molecule has 4 heteroatoms. The Hall–Kier alpha value is -1.86. The number of benzene rings is 1. The summed E-state index contributed by atoms with van der Waals surface area (Å²) in [7, 11) is 0. The lowest BCUT2D eigenvalue weighted by molar-refractivity contribution is -0.0870. The van der Waals surface area contributed by atoms with Crippen molar-refractivity contribution in [1.29, 1.82) is 5.26 Å². The van der Waals surface area contributed by atoms with E-state index in [1.807, 2.05) is 6.07 Å². The van der Waals surface area contributed by atoms with E-state index in [0.717, 1.165) is 25.9 Å². The number of nitrogens with zero attached hydrogens (tertiary/aromatic N) is 2. The SMILES string of the molecule is N#C[C@]1(OC(=O)c2ccccc2)CN2CCC1CC2. The number of hydrogen-bond donors (Lipinski definition) is 0. The van der Waals surface area contributed by atoms with E-state index in [-0.39, 0.29) is 5.92 Å². The summed E-state index contributed by atoms with van der Waals surface area (Å²) >= 11 is 0. The zero-order chi connectivity index (χ0) is 13.3. The van der Waals surface area contributed by atoms with Gasteiger partial charge in [0, 0.05) is 5.92 Å². The van der Waals surface area contributed by atoms with Gasteiger partial charge in [-0.05, 0) is 38.1 Å². The standard InChI is InChI=1S/C15H16N2O2/c16-10-15(11-17-8-6-13(15)7-9-17)19-14(18)12-4-2-1-3-5-12/h1-5,13H,6-9,11H2/t15-/m0/s1. The molecule has 0 amide bonds. The second kappa shape index (κ2) is 4.67. The van der Waals surface area contributed by atoms with Crippen molar-refractivity contribution in [2.45, 2.75) is 18.4 Å². The number of carbonyl (C=O) groups excluding carboxylic acids is 1. The highest BCUT2D eigenvalue weighted by molar-refractivity contribution is 5.89. The van der Waals surface area contributed by atoms with Gasteiger partial charge in [0.05, 0.1) is 12.1 Å². The van der Waals surface area contributed by atoms with Crippen molar-refractivity contribution in [3.8, 4) is 6.07 Å². The first-order valence-corrected chi connectivity index (χ1v) is 6.65. The van der Waals surface area contributed by atoms with Gasteiger partial charge < -0.3 is 4.74 Å². The van der Waals surface area contributed by atoms with Crippen LogP contribution in [-0.4, -0.2) is 36.1 Å². The van der Waals surface area contributed by atoms with Crippen LogP contribution in [0.4, 0.5) is 0 Å².